The fourth-order valence-corrected chi connectivity index (χ4v) is 1.13. The summed E-state index contributed by atoms with van der Waals surface area (Å²) in [6, 6.07) is 0. The standard InChI is InChI=1S/C9H9F11O/c1-3-4(2,21)5(10,11)6(12,13)7(14,15)8(16,17)9(18,19)20/h21H,3H2,1-2H3. The van der Waals surface area contributed by atoms with Crippen LogP contribution in [0, 0.1) is 0 Å². The summed E-state index contributed by atoms with van der Waals surface area (Å²) in [5.41, 5.74) is -3.94. The van der Waals surface area contributed by atoms with E-state index in [1.165, 1.54) is 0 Å². The van der Waals surface area contributed by atoms with Gasteiger partial charge in [-0.2, -0.15) is 48.3 Å². The van der Waals surface area contributed by atoms with Crippen LogP contribution in [-0.4, -0.2) is 40.6 Å². The molecular formula is C9H9F11O. The van der Waals surface area contributed by atoms with E-state index in [0.29, 0.717) is 6.92 Å². The third-order valence-electron chi connectivity index (χ3n) is 2.90. The minimum absolute atomic E-state index is 0.0945. The first-order valence-electron chi connectivity index (χ1n) is 5.11. The molecule has 1 nitrogen and oxygen atoms in total. The molecule has 0 fully saturated rings. The van der Waals surface area contributed by atoms with Gasteiger partial charge < -0.3 is 5.11 Å². The van der Waals surface area contributed by atoms with Crippen molar-refractivity contribution >= 4 is 0 Å². The number of rotatable bonds is 5. The average Bonchev–Trinajstić information content (AvgIpc) is 2.26. The molecule has 0 aromatic carbocycles. The molecule has 0 aliphatic carbocycles. The Labute approximate surface area is 110 Å². The molecule has 0 aliphatic rings. The van der Waals surface area contributed by atoms with Crippen LogP contribution in [0.15, 0.2) is 0 Å². The van der Waals surface area contributed by atoms with Gasteiger partial charge >= 0.3 is 29.9 Å². The van der Waals surface area contributed by atoms with Crippen molar-refractivity contribution in [1.29, 1.82) is 0 Å². The summed E-state index contributed by atoms with van der Waals surface area (Å²) >= 11 is 0. The quantitative estimate of drug-likeness (QED) is 0.741. The normalized spacial score (nSPS) is 18.6. The summed E-state index contributed by atoms with van der Waals surface area (Å²) in [4.78, 5) is 0. The van der Waals surface area contributed by atoms with Crippen LogP contribution in [-0.2, 0) is 0 Å². The highest BCUT2D eigenvalue weighted by Gasteiger charge is 2.89. The first-order valence-corrected chi connectivity index (χ1v) is 5.11. The fourth-order valence-electron chi connectivity index (χ4n) is 1.13. The molecule has 0 aromatic heterocycles. The van der Waals surface area contributed by atoms with E-state index in [4.69, 9.17) is 5.11 Å². The number of alkyl halides is 11. The molecule has 1 N–H and O–H groups in total. The Balaban J connectivity index is 6.14. The molecule has 128 valence electrons. The van der Waals surface area contributed by atoms with Gasteiger partial charge in [-0.1, -0.05) is 6.92 Å². The van der Waals surface area contributed by atoms with Crippen molar-refractivity contribution in [3.63, 3.8) is 0 Å². The second-order valence-electron chi connectivity index (χ2n) is 4.42. The Hall–Kier alpha value is -0.810. The molecule has 1 unspecified atom stereocenters. The predicted molar refractivity (Wildman–Crippen MR) is 46.8 cm³/mol. The SMILES string of the molecule is CCC(C)(O)C(F)(F)C(F)(F)C(F)(F)C(F)(F)C(F)(F)F. The van der Waals surface area contributed by atoms with E-state index >= 15 is 0 Å². The molecule has 0 saturated heterocycles. The van der Waals surface area contributed by atoms with E-state index in [1.807, 2.05) is 0 Å². The van der Waals surface area contributed by atoms with Crippen LogP contribution in [0.1, 0.15) is 20.3 Å². The maximum Gasteiger partial charge on any atom is 0.460 e. The molecule has 0 radical (unpaired) electrons. The van der Waals surface area contributed by atoms with E-state index in [-0.39, 0.29) is 6.92 Å². The zero-order valence-corrected chi connectivity index (χ0v) is 10.3. The van der Waals surface area contributed by atoms with Gasteiger partial charge in [0.15, 0.2) is 0 Å². The largest absolute Gasteiger partial charge is 0.460 e. The van der Waals surface area contributed by atoms with E-state index in [2.05, 4.69) is 0 Å². The number of aliphatic hydroxyl groups is 1. The van der Waals surface area contributed by atoms with Crippen molar-refractivity contribution in [2.45, 2.75) is 55.7 Å². The molecule has 21 heavy (non-hydrogen) atoms. The highest BCUT2D eigenvalue weighted by molar-refractivity contribution is 5.11. The number of hydrogen-bond acceptors (Lipinski definition) is 1. The first-order chi connectivity index (χ1) is 8.81. The minimum atomic E-state index is -7.49. The highest BCUT2D eigenvalue weighted by Crippen LogP contribution is 2.59. The van der Waals surface area contributed by atoms with Crippen molar-refractivity contribution in [1.82, 2.24) is 0 Å². The third-order valence-corrected chi connectivity index (χ3v) is 2.90. The second-order valence-corrected chi connectivity index (χ2v) is 4.42. The molecule has 0 rings (SSSR count). The van der Waals surface area contributed by atoms with Gasteiger partial charge in [0.2, 0.25) is 0 Å². The summed E-state index contributed by atoms with van der Waals surface area (Å²) in [7, 11) is 0. The number of halogens is 11. The lowest BCUT2D eigenvalue weighted by Crippen LogP contribution is -2.70. The Morgan fingerprint density at radius 3 is 1.14 bits per heavy atom. The minimum Gasteiger partial charge on any atom is -0.384 e. The summed E-state index contributed by atoms with van der Waals surface area (Å²) in [5.74, 6) is -28.3. The summed E-state index contributed by atoms with van der Waals surface area (Å²) < 4.78 is 138. The van der Waals surface area contributed by atoms with Gasteiger partial charge in [0, 0.05) is 0 Å². The zero-order valence-electron chi connectivity index (χ0n) is 10.3. The van der Waals surface area contributed by atoms with Crippen molar-refractivity contribution < 1.29 is 53.4 Å². The maximum absolute atomic E-state index is 13.2. The predicted octanol–water partition coefficient (Wildman–Crippen LogP) is 4.25. The van der Waals surface area contributed by atoms with E-state index in [9.17, 15) is 48.3 Å². The molecule has 0 saturated carbocycles. The molecular weight excluding hydrogens is 333 g/mol. The summed E-state index contributed by atoms with van der Waals surface area (Å²) in [6.45, 7) is 0.521. The van der Waals surface area contributed by atoms with Crippen LogP contribution in [0.4, 0.5) is 48.3 Å². The topological polar surface area (TPSA) is 20.2 Å². The van der Waals surface area contributed by atoms with Gasteiger partial charge in [-0.05, 0) is 13.3 Å². The van der Waals surface area contributed by atoms with Crippen molar-refractivity contribution in [2.24, 2.45) is 0 Å². The smallest absolute Gasteiger partial charge is 0.384 e. The Bertz CT molecular complexity index is 382. The van der Waals surface area contributed by atoms with Gasteiger partial charge in [-0.3, -0.25) is 0 Å². The van der Waals surface area contributed by atoms with Crippen molar-refractivity contribution in [3.05, 3.63) is 0 Å². The molecule has 1 atom stereocenters. The van der Waals surface area contributed by atoms with Crippen LogP contribution >= 0.6 is 0 Å². The van der Waals surface area contributed by atoms with Gasteiger partial charge in [0.05, 0.1) is 0 Å². The lowest BCUT2D eigenvalue weighted by molar-refractivity contribution is -0.435. The van der Waals surface area contributed by atoms with E-state index in [0.717, 1.165) is 0 Å². The first kappa shape index (κ1) is 20.2. The van der Waals surface area contributed by atoms with E-state index < -0.39 is 41.9 Å². The van der Waals surface area contributed by atoms with E-state index in [1.54, 1.807) is 0 Å². The zero-order chi connectivity index (χ0) is 17.7. The Kier molecular flexibility index (Phi) is 4.66. The molecule has 0 aliphatic heterocycles. The van der Waals surface area contributed by atoms with Crippen LogP contribution in [0.2, 0.25) is 0 Å². The Morgan fingerprint density at radius 2 is 0.905 bits per heavy atom. The van der Waals surface area contributed by atoms with Crippen LogP contribution in [0.25, 0.3) is 0 Å². The second kappa shape index (κ2) is 4.85. The van der Waals surface area contributed by atoms with Gasteiger partial charge in [-0.25, -0.2) is 0 Å². The molecule has 0 heterocycles. The summed E-state index contributed by atoms with van der Waals surface area (Å²) in [6.07, 6.45) is -8.52. The average molecular weight is 342 g/mol. The third kappa shape index (κ3) is 2.55. The van der Waals surface area contributed by atoms with Crippen LogP contribution in [0.5, 0.6) is 0 Å². The highest BCUT2D eigenvalue weighted by atomic mass is 19.4. The molecule has 0 amide bonds. The maximum atomic E-state index is 13.2. The lowest BCUT2D eigenvalue weighted by atomic mass is 9.85. The molecule has 0 bridgehead atoms. The van der Waals surface area contributed by atoms with Crippen molar-refractivity contribution in [3.8, 4) is 0 Å². The summed E-state index contributed by atoms with van der Waals surface area (Å²) in [5, 5.41) is 8.93. The molecule has 0 spiro atoms. The molecule has 12 heteroatoms. The van der Waals surface area contributed by atoms with Gasteiger partial charge in [0.25, 0.3) is 0 Å². The van der Waals surface area contributed by atoms with Crippen LogP contribution < -0.4 is 0 Å². The van der Waals surface area contributed by atoms with Gasteiger partial charge in [-0.15, -0.1) is 0 Å². The van der Waals surface area contributed by atoms with Crippen LogP contribution in [0.3, 0.4) is 0 Å². The number of hydrogen-bond donors (Lipinski definition) is 1. The monoisotopic (exact) mass is 342 g/mol. The van der Waals surface area contributed by atoms with Gasteiger partial charge in [0.1, 0.15) is 5.60 Å². The fraction of sp³-hybridized carbons (Fsp3) is 1.00. The Morgan fingerprint density at radius 1 is 0.619 bits per heavy atom. The lowest BCUT2D eigenvalue weighted by Gasteiger charge is -2.42. The van der Waals surface area contributed by atoms with Crippen molar-refractivity contribution in [2.75, 3.05) is 0 Å². The molecule has 0 aromatic rings.